The summed E-state index contributed by atoms with van der Waals surface area (Å²) in [6, 6.07) is 2.55. The van der Waals surface area contributed by atoms with Crippen LogP contribution >= 0.6 is 0 Å². The lowest BCUT2D eigenvalue weighted by atomic mass is 9.76. The molecule has 2 bridgehead atoms. The standard InChI is InChI=1S/C25H33F3N2O4S/c1-16-10-20(25(26,27)28)13-21(11-16)35(33,34)29-24(32)23-18-8-4-5-9-19(23)15-30(14-18)22(31)12-17-6-2-3-7-17/h10-11,13,17-19,23H,2-9,12,14-15H2,1H3,(H,29,32). The summed E-state index contributed by atoms with van der Waals surface area (Å²) < 4.78 is 67.5. The smallest absolute Gasteiger partial charge is 0.342 e. The lowest BCUT2D eigenvalue weighted by Gasteiger charge is -2.42. The largest absolute Gasteiger partial charge is 0.416 e. The molecule has 3 aliphatic rings. The first-order chi connectivity index (χ1) is 16.4. The summed E-state index contributed by atoms with van der Waals surface area (Å²) in [4.78, 5) is 27.5. The number of halogens is 3. The first-order valence-corrected chi connectivity index (χ1v) is 14.0. The minimum absolute atomic E-state index is 0.111. The number of rotatable bonds is 5. The molecule has 0 spiro atoms. The predicted octanol–water partition coefficient (Wildman–Crippen LogP) is 4.66. The van der Waals surface area contributed by atoms with Crippen molar-refractivity contribution >= 4 is 21.8 Å². The average molecular weight is 515 g/mol. The molecule has 35 heavy (non-hydrogen) atoms. The second kappa shape index (κ2) is 10.1. The number of carbonyl (C=O) groups is 2. The molecule has 0 radical (unpaired) electrons. The van der Waals surface area contributed by atoms with E-state index in [1.165, 1.54) is 6.92 Å². The molecule has 6 nitrogen and oxygen atoms in total. The van der Waals surface area contributed by atoms with Crippen LogP contribution in [0.5, 0.6) is 0 Å². The zero-order chi connectivity index (χ0) is 25.4. The van der Waals surface area contributed by atoms with Crippen LogP contribution in [0.4, 0.5) is 13.2 Å². The lowest BCUT2D eigenvalue weighted by Crippen LogP contribution is -2.53. The van der Waals surface area contributed by atoms with Crippen molar-refractivity contribution in [3.63, 3.8) is 0 Å². The highest BCUT2D eigenvalue weighted by Gasteiger charge is 2.44. The van der Waals surface area contributed by atoms with Crippen molar-refractivity contribution in [3.05, 3.63) is 29.3 Å². The molecular weight excluding hydrogens is 481 g/mol. The maximum absolute atomic E-state index is 13.3. The Morgan fingerprint density at radius 3 is 2.11 bits per heavy atom. The van der Waals surface area contributed by atoms with Crippen LogP contribution in [-0.4, -0.2) is 38.2 Å². The monoisotopic (exact) mass is 514 g/mol. The van der Waals surface area contributed by atoms with Gasteiger partial charge in [-0.05, 0) is 74.1 Å². The zero-order valence-electron chi connectivity index (χ0n) is 19.9. The Labute approximate surface area is 204 Å². The van der Waals surface area contributed by atoms with Gasteiger partial charge in [0.15, 0.2) is 0 Å². The van der Waals surface area contributed by atoms with Gasteiger partial charge in [0.05, 0.1) is 10.5 Å². The lowest BCUT2D eigenvalue weighted by molar-refractivity contribution is -0.141. The molecule has 2 atom stereocenters. The van der Waals surface area contributed by atoms with E-state index in [1.807, 2.05) is 4.90 Å². The maximum atomic E-state index is 13.3. The van der Waals surface area contributed by atoms with Gasteiger partial charge in [-0.15, -0.1) is 0 Å². The molecule has 3 fully saturated rings. The van der Waals surface area contributed by atoms with Crippen LogP contribution in [0.25, 0.3) is 0 Å². The number of hydrogen-bond acceptors (Lipinski definition) is 4. The molecule has 2 amide bonds. The Hall–Kier alpha value is -2.10. The minimum atomic E-state index is -4.70. The van der Waals surface area contributed by atoms with Crippen LogP contribution in [0, 0.1) is 30.6 Å². The molecule has 10 heteroatoms. The topological polar surface area (TPSA) is 83.6 Å². The molecule has 1 aromatic carbocycles. The molecule has 4 rings (SSSR count). The van der Waals surface area contributed by atoms with E-state index in [1.54, 1.807) is 0 Å². The third-order valence-electron chi connectivity index (χ3n) is 7.84. The third-order valence-corrected chi connectivity index (χ3v) is 9.17. The summed E-state index contributed by atoms with van der Waals surface area (Å²) in [7, 11) is -4.48. The van der Waals surface area contributed by atoms with Gasteiger partial charge in [-0.25, -0.2) is 13.1 Å². The molecule has 2 saturated carbocycles. The minimum Gasteiger partial charge on any atom is -0.342 e. The Morgan fingerprint density at radius 2 is 1.54 bits per heavy atom. The van der Waals surface area contributed by atoms with Crippen molar-refractivity contribution in [2.45, 2.75) is 75.8 Å². The van der Waals surface area contributed by atoms with Gasteiger partial charge in [0.1, 0.15) is 0 Å². The van der Waals surface area contributed by atoms with E-state index in [0.29, 0.717) is 44.3 Å². The SMILES string of the molecule is Cc1cc(C(F)(F)F)cc(S(=O)(=O)NC(=O)C2C3CCCCC2CN(C(=O)CC2CCCC2)C3)c1. The van der Waals surface area contributed by atoms with Gasteiger partial charge in [-0.2, -0.15) is 13.2 Å². The van der Waals surface area contributed by atoms with Crippen molar-refractivity contribution < 1.29 is 31.2 Å². The first-order valence-electron chi connectivity index (χ1n) is 12.5. The molecule has 1 N–H and O–H groups in total. The molecule has 0 aromatic heterocycles. The quantitative estimate of drug-likeness (QED) is 0.619. The van der Waals surface area contributed by atoms with Gasteiger partial charge in [0, 0.05) is 25.4 Å². The van der Waals surface area contributed by atoms with Crippen molar-refractivity contribution in [1.29, 1.82) is 0 Å². The Kier molecular flexibility index (Phi) is 7.50. The van der Waals surface area contributed by atoms with Gasteiger partial charge in [-0.1, -0.05) is 25.7 Å². The van der Waals surface area contributed by atoms with Gasteiger partial charge >= 0.3 is 6.18 Å². The zero-order valence-corrected chi connectivity index (χ0v) is 20.8. The molecule has 1 heterocycles. The number of benzene rings is 1. The van der Waals surface area contributed by atoms with E-state index in [9.17, 15) is 31.2 Å². The van der Waals surface area contributed by atoms with Crippen LogP contribution < -0.4 is 4.72 Å². The summed E-state index contributed by atoms with van der Waals surface area (Å²) in [6.07, 6.45) is 3.51. The Bertz CT molecular complexity index is 1050. The van der Waals surface area contributed by atoms with Gasteiger partial charge in [0.25, 0.3) is 10.0 Å². The van der Waals surface area contributed by atoms with Gasteiger partial charge in [-0.3, -0.25) is 9.59 Å². The number of carbonyl (C=O) groups excluding carboxylic acids is 2. The van der Waals surface area contributed by atoms with Crippen LogP contribution in [0.3, 0.4) is 0 Å². The van der Waals surface area contributed by atoms with Crippen molar-refractivity contribution in [1.82, 2.24) is 9.62 Å². The number of hydrogen-bond donors (Lipinski definition) is 1. The molecule has 2 unspecified atom stereocenters. The average Bonchev–Trinajstić information content (AvgIpc) is 3.23. The fraction of sp³-hybridized carbons (Fsp3) is 0.680. The predicted molar refractivity (Wildman–Crippen MR) is 124 cm³/mol. The number of aryl methyl sites for hydroxylation is 1. The fourth-order valence-corrected chi connectivity index (χ4v) is 7.30. The van der Waals surface area contributed by atoms with Crippen molar-refractivity contribution in [3.8, 4) is 0 Å². The molecule has 1 saturated heterocycles. The van der Waals surface area contributed by atoms with Crippen molar-refractivity contribution in [2.75, 3.05) is 13.1 Å². The molecule has 1 aliphatic heterocycles. The number of sulfonamides is 1. The highest BCUT2D eigenvalue weighted by Crippen LogP contribution is 2.40. The molecule has 194 valence electrons. The van der Waals surface area contributed by atoms with E-state index in [0.717, 1.165) is 50.7 Å². The second-order valence-electron chi connectivity index (χ2n) is 10.5. The second-order valence-corrected chi connectivity index (χ2v) is 12.2. The number of piperidine rings is 1. The van der Waals surface area contributed by atoms with Crippen LogP contribution in [-0.2, 0) is 25.8 Å². The van der Waals surface area contributed by atoms with E-state index in [2.05, 4.69) is 4.72 Å². The van der Waals surface area contributed by atoms with E-state index < -0.39 is 38.5 Å². The summed E-state index contributed by atoms with van der Waals surface area (Å²) in [5.41, 5.74) is -0.941. The summed E-state index contributed by atoms with van der Waals surface area (Å²) in [5.74, 6) is -1.06. The first kappa shape index (κ1) is 26.0. The fourth-order valence-electron chi connectivity index (χ4n) is 6.16. The van der Waals surface area contributed by atoms with Gasteiger partial charge < -0.3 is 4.90 Å². The van der Waals surface area contributed by atoms with Crippen LogP contribution in [0.2, 0.25) is 0 Å². The Balaban J connectivity index is 1.50. The summed E-state index contributed by atoms with van der Waals surface area (Å²) in [5, 5.41) is 0. The van der Waals surface area contributed by atoms with Gasteiger partial charge in [0.2, 0.25) is 11.8 Å². The van der Waals surface area contributed by atoms with Crippen LogP contribution in [0.15, 0.2) is 23.1 Å². The normalized spacial score (nSPS) is 25.8. The number of alkyl halides is 3. The highest BCUT2D eigenvalue weighted by atomic mass is 32.2. The third kappa shape index (κ3) is 6.01. The number of fused-ring (bicyclic) bond motifs is 2. The number of nitrogens with one attached hydrogen (secondary N) is 1. The summed E-state index contributed by atoms with van der Waals surface area (Å²) >= 11 is 0. The van der Waals surface area contributed by atoms with E-state index in [4.69, 9.17) is 0 Å². The number of nitrogens with zero attached hydrogens (tertiary/aromatic N) is 1. The van der Waals surface area contributed by atoms with Crippen molar-refractivity contribution in [2.24, 2.45) is 23.7 Å². The van der Waals surface area contributed by atoms with E-state index in [-0.39, 0.29) is 23.3 Å². The maximum Gasteiger partial charge on any atom is 0.416 e. The molecule has 1 aromatic rings. The number of likely N-dealkylation sites (tertiary alicyclic amines) is 1. The number of amides is 2. The van der Waals surface area contributed by atoms with E-state index >= 15 is 0 Å². The van der Waals surface area contributed by atoms with Crippen LogP contribution in [0.1, 0.15) is 68.9 Å². The molecule has 2 aliphatic carbocycles. The Morgan fingerprint density at radius 1 is 0.971 bits per heavy atom. The summed E-state index contributed by atoms with van der Waals surface area (Å²) in [6.45, 7) is 2.22. The molecular formula is C25H33F3N2O4S. The highest BCUT2D eigenvalue weighted by molar-refractivity contribution is 7.90.